The van der Waals surface area contributed by atoms with E-state index in [0.29, 0.717) is 24.2 Å². The van der Waals surface area contributed by atoms with E-state index in [1.54, 1.807) is 12.1 Å². The molecule has 7 heteroatoms. The molecule has 7 nitrogen and oxygen atoms in total. The Morgan fingerprint density at radius 3 is 2.17 bits per heavy atom. The molecule has 3 aromatic rings. The number of anilines is 2. The van der Waals surface area contributed by atoms with Gasteiger partial charge in [0.05, 0.1) is 0 Å². The molecule has 1 heterocycles. The van der Waals surface area contributed by atoms with Crippen LogP contribution in [0.2, 0.25) is 0 Å². The number of piperidine rings is 1. The number of aliphatic carboxylic acids is 1. The molecule has 3 amide bonds. The van der Waals surface area contributed by atoms with Gasteiger partial charge in [-0.1, -0.05) is 36.4 Å². The number of amides is 3. The van der Waals surface area contributed by atoms with Crippen LogP contribution in [-0.4, -0.2) is 40.5 Å². The van der Waals surface area contributed by atoms with Gasteiger partial charge in [-0.2, -0.15) is 0 Å². The fourth-order valence-electron chi connectivity index (χ4n) is 4.30. The summed E-state index contributed by atoms with van der Waals surface area (Å²) in [5, 5.41) is 15.2. The number of hydrogen-bond acceptors (Lipinski definition) is 3. The van der Waals surface area contributed by atoms with E-state index < -0.39 is 12.0 Å². The number of rotatable bonds is 5. The third-order valence-corrected chi connectivity index (χ3v) is 6.30. The summed E-state index contributed by atoms with van der Waals surface area (Å²) >= 11 is 0. The first kappa shape index (κ1) is 24.0. The molecule has 1 atom stereocenters. The Hall–Kier alpha value is -4.13. The summed E-state index contributed by atoms with van der Waals surface area (Å²) in [4.78, 5) is 38.3. The van der Waals surface area contributed by atoms with Crippen LogP contribution in [0, 0.1) is 13.8 Å². The quantitative estimate of drug-likeness (QED) is 0.445. The van der Waals surface area contributed by atoms with Crippen LogP contribution in [0.4, 0.5) is 16.2 Å². The van der Waals surface area contributed by atoms with Crippen molar-refractivity contribution in [3.63, 3.8) is 0 Å². The lowest BCUT2D eigenvalue weighted by atomic mass is 9.99. The summed E-state index contributed by atoms with van der Waals surface area (Å²) in [6.07, 6.45) is 2.12. The minimum Gasteiger partial charge on any atom is -0.480 e. The van der Waals surface area contributed by atoms with E-state index in [9.17, 15) is 19.5 Å². The smallest absolute Gasteiger partial charge is 0.326 e. The van der Waals surface area contributed by atoms with Gasteiger partial charge in [0.2, 0.25) is 0 Å². The molecule has 180 valence electrons. The number of hydrogen-bond donors (Lipinski definition) is 3. The maximum absolute atomic E-state index is 12.9. The van der Waals surface area contributed by atoms with E-state index in [0.717, 1.165) is 40.8 Å². The lowest BCUT2D eigenvalue weighted by molar-refractivity contribution is -0.143. The lowest BCUT2D eigenvalue weighted by Crippen LogP contribution is -2.47. The van der Waals surface area contributed by atoms with Gasteiger partial charge < -0.3 is 20.6 Å². The van der Waals surface area contributed by atoms with Gasteiger partial charge >= 0.3 is 12.0 Å². The van der Waals surface area contributed by atoms with Crippen LogP contribution in [-0.2, 0) is 4.79 Å². The third kappa shape index (κ3) is 5.69. The Bertz CT molecular complexity index is 1240. The highest BCUT2D eigenvalue weighted by Gasteiger charge is 2.32. The molecule has 35 heavy (non-hydrogen) atoms. The van der Waals surface area contributed by atoms with Crippen molar-refractivity contribution in [3.8, 4) is 11.1 Å². The summed E-state index contributed by atoms with van der Waals surface area (Å²) in [5.41, 5.74) is 5.82. The van der Waals surface area contributed by atoms with E-state index in [1.165, 1.54) is 4.90 Å². The molecule has 0 unspecified atom stereocenters. The highest BCUT2D eigenvalue weighted by molar-refractivity contribution is 6.00. The van der Waals surface area contributed by atoms with Crippen LogP contribution in [0.5, 0.6) is 0 Å². The van der Waals surface area contributed by atoms with Crippen LogP contribution < -0.4 is 10.6 Å². The van der Waals surface area contributed by atoms with E-state index in [-0.39, 0.29) is 11.9 Å². The Kier molecular flexibility index (Phi) is 7.15. The largest absolute Gasteiger partial charge is 0.480 e. The second-order valence-electron chi connectivity index (χ2n) is 8.90. The van der Waals surface area contributed by atoms with E-state index in [1.807, 2.05) is 68.4 Å². The Morgan fingerprint density at radius 1 is 0.857 bits per heavy atom. The predicted molar refractivity (Wildman–Crippen MR) is 137 cm³/mol. The average Bonchev–Trinajstić information content (AvgIpc) is 2.86. The van der Waals surface area contributed by atoms with Gasteiger partial charge in [-0.25, -0.2) is 9.59 Å². The molecular weight excluding hydrogens is 442 g/mol. The molecule has 0 spiro atoms. The van der Waals surface area contributed by atoms with Crippen LogP contribution in [0.1, 0.15) is 40.7 Å². The molecule has 1 saturated heterocycles. The number of nitrogens with one attached hydrogen (secondary N) is 2. The number of carbonyl (C=O) groups is 3. The zero-order valence-corrected chi connectivity index (χ0v) is 19.9. The zero-order chi connectivity index (χ0) is 24.9. The molecule has 0 aliphatic carbocycles. The number of likely N-dealkylation sites (tertiary alicyclic amines) is 1. The minimum absolute atomic E-state index is 0.252. The molecule has 0 aromatic heterocycles. The van der Waals surface area contributed by atoms with Gasteiger partial charge in [0.25, 0.3) is 5.91 Å². The molecule has 3 aromatic carbocycles. The molecule has 4 rings (SSSR count). The normalized spacial score (nSPS) is 15.4. The van der Waals surface area contributed by atoms with Crippen molar-refractivity contribution >= 4 is 29.3 Å². The van der Waals surface area contributed by atoms with Crippen molar-refractivity contribution in [1.29, 1.82) is 0 Å². The lowest BCUT2D eigenvalue weighted by Gasteiger charge is -2.33. The van der Waals surface area contributed by atoms with Gasteiger partial charge in [0.15, 0.2) is 0 Å². The first-order chi connectivity index (χ1) is 16.8. The maximum atomic E-state index is 12.9. The van der Waals surface area contributed by atoms with E-state index >= 15 is 0 Å². The van der Waals surface area contributed by atoms with E-state index in [2.05, 4.69) is 10.6 Å². The summed E-state index contributed by atoms with van der Waals surface area (Å²) in [6, 6.07) is 19.4. The topological polar surface area (TPSA) is 98.7 Å². The summed E-state index contributed by atoms with van der Waals surface area (Å²) < 4.78 is 0. The van der Waals surface area contributed by atoms with Crippen LogP contribution in [0.25, 0.3) is 11.1 Å². The Morgan fingerprint density at radius 2 is 1.51 bits per heavy atom. The molecule has 3 N–H and O–H groups in total. The Balaban J connectivity index is 1.40. The van der Waals surface area contributed by atoms with Gasteiger partial charge in [0, 0.05) is 23.5 Å². The predicted octanol–water partition coefficient (Wildman–Crippen LogP) is 5.69. The maximum Gasteiger partial charge on any atom is 0.326 e. The number of urea groups is 1. The Labute approximate surface area is 204 Å². The molecule has 1 fully saturated rings. The number of aryl methyl sites for hydroxylation is 2. The standard InChI is InChI=1S/C28H29N3O4/c1-18-6-7-19(2)24(17-18)30-28(35)29-23-14-12-21(13-15-23)20-8-10-22(11-9-20)26(32)31-16-4-3-5-25(31)27(33)34/h6-15,17,25H,3-5,16H2,1-2H3,(H,33,34)(H2,29,30,35)/t25-/m0/s1. The second kappa shape index (κ2) is 10.4. The highest BCUT2D eigenvalue weighted by atomic mass is 16.4. The average molecular weight is 472 g/mol. The number of benzene rings is 3. The van der Waals surface area contributed by atoms with Crippen molar-refractivity contribution in [2.45, 2.75) is 39.2 Å². The first-order valence-corrected chi connectivity index (χ1v) is 11.7. The number of carboxylic acid groups (broad SMARTS) is 1. The third-order valence-electron chi connectivity index (χ3n) is 6.30. The van der Waals surface area contributed by atoms with Gasteiger partial charge in [-0.05, 0) is 85.7 Å². The van der Waals surface area contributed by atoms with Crippen molar-refractivity contribution in [2.75, 3.05) is 17.2 Å². The molecule has 0 saturated carbocycles. The number of carbonyl (C=O) groups excluding carboxylic acids is 2. The first-order valence-electron chi connectivity index (χ1n) is 11.7. The summed E-state index contributed by atoms with van der Waals surface area (Å²) in [5.74, 6) is -1.20. The van der Waals surface area contributed by atoms with E-state index in [4.69, 9.17) is 0 Å². The van der Waals surface area contributed by atoms with Crippen molar-refractivity contribution in [2.24, 2.45) is 0 Å². The van der Waals surface area contributed by atoms with Crippen LogP contribution in [0.3, 0.4) is 0 Å². The fourth-order valence-corrected chi connectivity index (χ4v) is 4.30. The summed E-state index contributed by atoms with van der Waals surface area (Å²) in [6.45, 7) is 4.38. The molecule has 1 aliphatic rings. The number of nitrogens with zero attached hydrogens (tertiary/aromatic N) is 1. The summed E-state index contributed by atoms with van der Waals surface area (Å²) in [7, 11) is 0. The number of carboxylic acids is 1. The molecule has 1 aliphatic heterocycles. The van der Waals surface area contributed by atoms with Gasteiger partial charge in [-0.3, -0.25) is 4.79 Å². The van der Waals surface area contributed by atoms with Crippen LogP contribution in [0.15, 0.2) is 66.7 Å². The molecular formula is C28H29N3O4. The van der Waals surface area contributed by atoms with Gasteiger partial charge in [-0.15, -0.1) is 0 Å². The van der Waals surface area contributed by atoms with Crippen LogP contribution >= 0.6 is 0 Å². The zero-order valence-electron chi connectivity index (χ0n) is 19.9. The SMILES string of the molecule is Cc1ccc(C)c(NC(=O)Nc2ccc(-c3ccc(C(=O)N4CCCC[C@H]4C(=O)O)cc3)cc2)c1. The van der Waals surface area contributed by atoms with Crippen molar-refractivity contribution < 1.29 is 19.5 Å². The minimum atomic E-state index is -0.953. The van der Waals surface area contributed by atoms with Gasteiger partial charge in [0.1, 0.15) is 6.04 Å². The van der Waals surface area contributed by atoms with Crippen molar-refractivity contribution in [3.05, 3.63) is 83.4 Å². The molecule has 0 radical (unpaired) electrons. The monoisotopic (exact) mass is 471 g/mol. The van der Waals surface area contributed by atoms with Crippen molar-refractivity contribution in [1.82, 2.24) is 4.90 Å². The second-order valence-corrected chi connectivity index (χ2v) is 8.90. The fraction of sp³-hybridized carbons (Fsp3) is 0.250. The highest BCUT2D eigenvalue weighted by Crippen LogP contribution is 2.25. The molecule has 0 bridgehead atoms.